The van der Waals surface area contributed by atoms with Crippen molar-refractivity contribution in [2.75, 3.05) is 38.7 Å². The van der Waals surface area contributed by atoms with Crippen molar-refractivity contribution in [1.82, 2.24) is 10.6 Å². The summed E-state index contributed by atoms with van der Waals surface area (Å²) < 4.78 is 5.32. The predicted molar refractivity (Wildman–Crippen MR) is 111 cm³/mol. The number of rotatable bonds is 5. The van der Waals surface area contributed by atoms with Crippen LogP contribution in [0.1, 0.15) is 19.8 Å². The van der Waals surface area contributed by atoms with Gasteiger partial charge in [-0.25, -0.2) is 0 Å². The first kappa shape index (κ1) is 19.1. The first-order valence-electron chi connectivity index (χ1n) is 8.55. The van der Waals surface area contributed by atoms with E-state index in [1.54, 1.807) is 7.11 Å². The van der Waals surface area contributed by atoms with Gasteiger partial charge in [-0.15, -0.1) is 24.0 Å². The minimum Gasteiger partial charge on any atom is -0.497 e. The van der Waals surface area contributed by atoms with Crippen LogP contribution in [0.2, 0.25) is 0 Å². The van der Waals surface area contributed by atoms with Crippen LogP contribution in [0.4, 0.5) is 5.69 Å². The van der Waals surface area contributed by atoms with Crippen LogP contribution in [-0.4, -0.2) is 45.8 Å². The van der Waals surface area contributed by atoms with Gasteiger partial charge in [-0.2, -0.15) is 0 Å². The lowest BCUT2D eigenvalue weighted by Crippen LogP contribution is -2.41. The molecule has 1 saturated carbocycles. The summed E-state index contributed by atoms with van der Waals surface area (Å²) in [7, 11) is 3.56. The lowest BCUT2D eigenvalue weighted by atomic mass is 10.1. The molecular weight excluding hydrogens is 415 g/mol. The van der Waals surface area contributed by atoms with Crippen LogP contribution in [-0.2, 0) is 0 Å². The highest BCUT2D eigenvalue weighted by Crippen LogP contribution is 2.29. The molecule has 1 aromatic rings. The Kier molecular flexibility index (Phi) is 7.01. The number of methoxy groups -OCH3 is 1. The molecule has 3 rings (SSSR count). The van der Waals surface area contributed by atoms with Crippen molar-refractivity contribution in [3.8, 4) is 5.75 Å². The molecule has 2 aliphatic rings. The highest BCUT2D eigenvalue weighted by Gasteiger charge is 2.33. The highest BCUT2D eigenvalue weighted by molar-refractivity contribution is 14.0. The van der Waals surface area contributed by atoms with Gasteiger partial charge in [0.25, 0.3) is 0 Å². The Morgan fingerprint density at radius 3 is 2.88 bits per heavy atom. The van der Waals surface area contributed by atoms with Crippen LogP contribution < -0.4 is 20.3 Å². The van der Waals surface area contributed by atoms with Gasteiger partial charge >= 0.3 is 0 Å². The van der Waals surface area contributed by atoms with E-state index in [2.05, 4.69) is 45.6 Å². The smallest absolute Gasteiger partial charge is 0.191 e. The predicted octanol–water partition coefficient (Wildman–Crippen LogP) is 2.71. The maximum atomic E-state index is 5.32. The fourth-order valence-corrected chi connectivity index (χ4v) is 3.18. The quantitative estimate of drug-likeness (QED) is 0.417. The second-order valence-corrected chi connectivity index (χ2v) is 6.72. The molecule has 134 valence electrons. The van der Waals surface area contributed by atoms with Crippen molar-refractivity contribution in [3.63, 3.8) is 0 Å². The lowest BCUT2D eigenvalue weighted by Gasteiger charge is -2.20. The molecule has 0 aromatic heterocycles. The third kappa shape index (κ3) is 4.91. The fraction of sp³-hybridized carbons (Fsp3) is 0.611. The summed E-state index contributed by atoms with van der Waals surface area (Å²) in [4.78, 5) is 6.77. The Labute approximate surface area is 162 Å². The zero-order chi connectivity index (χ0) is 16.2. The number of nitrogens with one attached hydrogen (secondary N) is 2. The normalized spacial score (nSPS) is 25.9. The number of benzene rings is 1. The van der Waals surface area contributed by atoms with Crippen LogP contribution >= 0.6 is 24.0 Å². The third-order valence-electron chi connectivity index (χ3n) is 4.92. The Bertz CT molecular complexity index is 566. The Morgan fingerprint density at radius 1 is 1.42 bits per heavy atom. The van der Waals surface area contributed by atoms with E-state index in [-0.39, 0.29) is 24.0 Å². The maximum Gasteiger partial charge on any atom is 0.191 e. The summed E-state index contributed by atoms with van der Waals surface area (Å²) in [6, 6.07) is 8.94. The van der Waals surface area contributed by atoms with Gasteiger partial charge in [0, 0.05) is 44.5 Å². The van der Waals surface area contributed by atoms with Crippen LogP contribution in [0.25, 0.3) is 0 Å². The molecule has 24 heavy (non-hydrogen) atoms. The molecule has 3 unspecified atom stereocenters. The van der Waals surface area contributed by atoms with Gasteiger partial charge in [-0.3, -0.25) is 4.99 Å². The minimum absolute atomic E-state index is 0. The van der Waals surface area contributed by atoms with Gasteiger partial charge in [0.1, 0.15) is 5.75 Å². The number of anilines is 1. The zero-order valence-electron chi connectivity index (χ0n) is 14.8. The van der Waals surface area contributed by atoms with Crippen LogP contribution in [0.15, 0.2) is 29.3 Å². The first-order chi connectivity index (χ1) is 11.2. The molecule has 2 fully saturated rings. The molecule has 1 aliphatic heterocycles. The van der Waals surface area contributed by atoms with E-state index in [0.717, 1.165) is 37.3 Å². The standard InChI is InChI=1S/C18H28N4O.HI/c1-13-9-17(13)21-18(19-2)20-11-14-7-8-22(12-14)15-5-4-6-16(10-15)23-3;/h4-6,10,13-14,17H,7-9,11-12H2,1-3H3,(H2,19,20,21);1H. The van der Waals surface area contributed by atoms with Gasteiger partial charge < -0.3 is 20.3 Å². The number of hydrogen-bond acceptors (Lipinski definition) is 3. The molecule has 6 heteroatoms. The van der Waals surface area contributed by atoms with Crippen molar-refractivity contribution in [2.45, 2.75) is 25.8 Å². The second kappa shape index (κ2) is 8.78. The van der Waals surface area contributed by atoms with Crippen molar-refractivity contribution >= 4 is 35.6 Å². The molecule has 0 bridgehead atoms. The number of aliphatic imine (C=N–C) groups is 1. The van der Waals surface area contributed by atoms with Gasteiger partial charge in [0.05, 0.1) is 7.11 Å². The summed E-state index contributed by atoms with van der Waals surface area (Å²) in [5.74, 6) is 3.30. The largest absolute Gasteiger partial charge is 0.497 e. The van der Waals surface area contributed by atoms with Gasteiger partial charge in [-0.1, -0.05) is 13.0 Å². The molecule has 1 aliphatic carbocycles. The zero-order valence-corrected chi connectivity index (χ0v) is 17.1. The van der Waals surface area contributed by atoms with Crippen molar-refractivity contribution < 1.29 is 4.74 Å². The summed E-state index contributed by atoms with van der Waals surface area (Å²) >= 11 is 0. The molecule has 0 radical (unpaired) electrons. The van der Waals surface area contributed by atoms with Crippen LogP contribution in [0, 0.1) is 11.8 Å². The third-order valence-corrected chi connectivity index (χ3v) is 4.92. The van der Waals surface area contributed by atoms with Gasteiger partial charge in [0.15, 0.2) is 5.96 Å². The number of guanidine groups is 1. The molecule has 3 atom stereocenters. The monoisotopic (exact) mass is 444 g/mol. The lowest BCUT2D eigenvalue weighted by molar-refractivity contribution is 0.415. The van der Waals surface area contributed by atoms with E-state index >= 15 is 0 Å². The summed E-state index contributed by atoms with van der Waals surface area (Å²) in [5.41, 5.74) is 1.25. The van der Waals surface area contributed by atoms with Crippen molar-refractivity contribution in [1.29, 1.82) is 0 Å². The summed E-state index contributed by atoms with van der Waals surface area (Å²) in [5, 5.41) is 6.97. The molecule has 0 amide bonds. The molecule has 0 spiro atoms. The second-order valence-electron chi connectivity index (χ2n) is 6.72. The number of halogens is 1. The maximum absolute atomic E-state index is 5.32. The molecule has 5 nitrogen and oxygen atoms in total. The van der Waals surface area contributed by atoms with Crippen LogP contribution in [0.3, 0.4) is 0 Å². The fourth-order valence-electron chi connectivity index (χ4n) is 3.18. The summed E-state index contributed by atoms with van der Waals surface area (Å²) in [6.45, 7) is 5.43. The summed E-state index contributed by atoms with van der Waals surface area (Å²) in [6.07, 6.45) is 2.47. The SMILES string of the molecule is CN=C(NCC1CCN(c2cccc(OC)c2)C1)NC1CC1C.I. The Hall–Kier alpha value is -1.18. The number of ether oxygens (including phenoxy) is 1. The van der Waals surface area contributed by atoms with E-state index in [9.17, 15) is 0 Å². The molecule has 2 N–H and O–H groups in total. The van der Waals surface area contributed by atoms with Crippen molar-refractivity contribution in [2.24, 2.45) is 16.8 Å². The van der Waals surface area contributed by atoms with Crippen molar-refractivity contribution in [3.05, 3.63) is 24.3 Å². The van der Waals surface area contributed by atoms with E-state index in [4.69, 9.17) is 4.74 Å². The molecule has 1 saturated heterocycles. The number of hydrogen-bond donors (Lipinski definition) is 2. The Morgan fingerprint density at radius 2 is 2.21 bits per heavy atom. The van der Waals surface area contributed by atoms with Gasteiger partial charge in [0.2, 0.25) is 0 Å². The average molecular weight is 444 g/mol. The highest BCUT2D eigenvalue weighted by atomic mass is 127. The Balaban J connectivity index is 0.00000208. The van der Waals surface area contributed by atoms with E-state index in [0.29, 0.717) is 12.0 Å². The van der Waals surface area contributed by atoms with Crippen LogP contribution in [0.5, 0.6) is 5.75 Å². The topological polar surface area (TPSA) is 48.9 Å². The molecule has 1 aromatic carbocycles. The molecular formula is C18H29IN4O. The first-order valence-corrected chi connectivity index (χ1v) is 8.55. The number of nitrogens with zero attached hydrogens (tertiary/aromatic N) is 2. The minimum atomic E-state index is 0. The average Bonchev–Trinajstić information content (AvgIpc) is 3.08. The van der Waals surface area contributed by atoms with Gasteiger partial charge in [-0.05, 0) is 36.8 Å². The van der Waals surface area contributed by atoms with E-state index in [1.807, 2.05) is 13.1 Å². The molecule has 1 heterocycles. The van der Waals surface area contributed by atoms with E-state index in [1.165, 1.54) is 18.5 Å². The van der Waals surface area contributed by atoms with E-state index < -0.39 is 0 Å².